The van der Waals surface area contributed by atoms with Crippen molar-refractivity contribution in [3.05, 3.63) is 52.0 Å². The third kappa shape index (κ3) is 3.42. The maximum atomic E-state index is 5.19. The van der Waals surface area contributed by atoms with E-state index in [2.05, 4.69) is 63.3 Å². The van der Waals surface area contributed by atoms with Gasteiger partial charge in [-0.25, -0.2) is 9.61 Å². The average molecular weight is 447 g/mol. The molecule has 0 bridgehead atoms. The van der Waals surface area contributed by atoms with Crippen molar-refractivity contribution < 1.29 is 9.05 Å². The van der Waals surface area contributed by atoms with E-state index >= 15 is 0 Å². The Balaban J connectivity index is 1.67. The maximum Gasteiger partial charge on any atom is 0.245 e. The van der Waals surface area contributed by atoms with Gasteiger partial charge in [0.1, 0.15) is 5.76 Å². The number of rotatable bonds is 5. The molecule has 3 aromatic heterocycles. The van der Waals surface area contributed by atoms with Gasteiger partial charge < -0.3 is 9.73 Å². The van der Waals surface area contributed by atoms with Crippen LogP contribution in [0.15, 0.2) is 56.8 Å². The molecule has 4 aromatic rings. The molecule has 0 saturated carbocycles. The smallest absolute Gasteiger partial charge is 0.245 e. The summed E-state index contributed by atoms with van der Waals surface area (Å²) in [5, 5.41) is 14.8. The number of hydrogen-bond acceptors (Lipinski definition) is 9. The molecule has 10 heteroatoms. The average Bonchev–Trinajstić information content (AvgIpc) is 3.28. The molecule has 0 fully saturated rings. The van der Waals surface area contributed by atoms with E-state index in [-0.39, 0.29) is 5.65 Å². The van der Waals surface area contributed by atoms with Gasteiger partial charge >= 0.3 is 0 Å². The standard InChI is InChI=1S/C15H10IN7O2/c16-10-5-1-2-6-11(10)18-12-13(20-15-14(19-12)22-25-23-15)21-17-8-9-4-3-7-24-9/h1-8H,(H,18,19,22)(H,20,21,23). The van der Waals surface area contributed by atoms with Crippen LogP contribution in [0.25, 0.3) is 11.3 Å². The summed E-state index contributed by atoms with van der Waals surface area (Å²) in [6.45, 7) is 0. The van der Waals surface area contributed by atoms with E-state index < -0.39 is 0 Å². The topological polar surface area (TPSA) is 114 Å². The minimum absolute atomic E-state index is 0.281. The summed E-state index contributed by atoms with van der Waals surface area (Å²) >= 11 is 2.23. The Morgan fingerprint density at radius 1 is 1.00 bits per heavy atom. The van der Waals surface area contributed by atoms with E-state index in [1.165, 1.54) is 6.21 Å². The summed E-state index contributed by atoms with van der Waals surface area (Å²) in [7, 11) is 0. The van der Waals surface area contributed by atoms with Crippen LogP contribution >= 0.6 is 22.6 Å². The van der Waals surface area contributed by atoms with Crippen molar-refractivity contribution in [2.45, 2.75) is 0 Å². The van der Waals surface area contributed by atoms with Gasteiger partial charge in [-0.3, -0.25) is 5.43 Å². The van der Waals surface area contributed by atoms with Crippen LogP contribution in [-0.4, -0.2) is 26.5 Å². The fourth-order valence-electron chi connectivity index (χ4n) is 2.01. The number of anilines is 3. The summed E-state index contributed by atoms with van der Waals surface area (Å²) in [6.07, 6.45) is 3.10. The van der Waals surface area contributed by atoms with Gasteiger partial charge in [0.05, 0.1) is 18.2 Å². The zero-order valence-corrected chi connectivity index (χ0v) is 14.7. The summed E-state index contributed by atoms with van der Waals surface area (Å²) in [5.41, 5.74) is 4.30. The van der Waals surface area contributed by atoms with Crippen molar-refractivity contribution in [3.8, 4) is 0 Å². The molecular formula is C15H10IN7O2. The van der Waals surface area contributed by atoms with E-state index in [1.54, 1.807) is 18.4 Å². The Kier molecular flexibility index (Phi) is 4.24. The highest BCUT2D eigenvalue weighted by molar-refractivity contribution is 14.1. The number of hydrazone groups is 1. The first-order valence-corrected chi connectivity index (χ1v) is 8.22. The van der Waals surface area contributed by atoms with E-state index in [0.717, 1.165) is 9.26 Å². The summed E-state index contributed by atoms with van der Waals surface area (Å²) in [6, 6.07) is 11.4. The first kappa shape index (κ1) is 15.5. The number of furan rings is 1. The molecule has 25 heavy (non-hydrogen) atoms. The highest BCUT2D eigenvalue weighted by Crippen LogP contribution is 2.26. The molecule has 0 unspecified atom stereocenters. The summed E-state index contributed by atoms with van der Waals surface area (Å²) < 4.78 is 10.9. The molecular weight excluding hydrogens is 437 g/mol. The van der Waals surface area contributed by atoms with Gasteiger partial charge in [0.25, 0.3) is 0 Å². The predicted molar refractivity (Wildman–Crippen MR) is 99.8 cm³/mol. The second kappa shape index (κ2) is 6.84. The zero-order chi connectivity index (χ0) is 17.1. The predicted octanol–water partition coefficient (Wildman–Crippen LogP) is 3.40. The molecule has 3 heterocycles. The van der Waals surface area contributed by atoms with Crippen LogP contribution in [0.3, 0.4) is 0 Å². The van der Waals surface area contributed by atoms with E-state index in [0.29, 0.717) is 23.0 Å². The SMILES string of the molecule is Ic1ccccc1Nc1nc2nonc2nc1NN=Cc1ccco1. The maximum absolute atomic E-state index is 5.19. The minimum Gasteiger partial charge on any atom is -0.463 e. The molecule has 4 rings (SSSR count). The number of hydrogen-bond donors (Lipinski definition) is 2. The van der Waals surface area contributed by atoms with Crippen LogP contribution in [0, 0.1) is 3.57 Å². The van der Waals surface area contributed by atoms with Crippen molar-refractivity contribution in [2.75, 3.05) is 10.7 Å². The zero-order valence-electron chi connectivity index (χ0n) is 12.5. The molecule has 0 amide bonds. The number of para-hydroxylation sites is 1. The first-order chi connectivity index (χ1) is 12.3. The lowest BCUT2D eigenvalue weighted by Gasteiger charge is -2.10. The van der Waals surface area contributed by atoms with Crippen molar-refractivity contribution in [2.24, 2.45) is 5.10 Å². The quantitative estimate of drug-likeness (QED) is 0.272. The molecule has 0 spiro atoms. The van der Waals surface area contributed by atoms with Gasteiger partial charge in [-0.05, 0) is 57.2 Å². The number of nitrogens with zero attached hydrogens (tertiary/aromatic N) is 5. The second-order valence-corrected chi connectivity index (χ2v) is 5.98. The number of halogens is 1. The Hall–Kier alpha value is -3.02. The molecule has 0 aliphatic heterocycles. The third-order valence-electron chi connectivity index (χ3n) is 3.15. The number of fused-ring (bicyclic) bond motifs is 1. The summed E-state index contributed by atoms with van der Waals surface area (Å²) in [5.74, 6) is 1.44. The second-order valence-electron chi connectivity index (χ2n) is 4.82. The highest BCUT2D eigenvalue weighted by Gasteiger charge is 2.13. The lowest BCUT2D eigenvalue weighted by molar-refractivity contribution is 0.314. The molecule has 0 aliphatic carbocycles. The Labute approximate surface area is 154 Å². The number of aromatic nitrogens is 4. The molecule has 124 valence electrons. The third-order valence-corrected chi connectivity index (χ3v) is 4.09. The molecule has 0 atom stereocenters. The number of nitrogens with one attached hydrogen (secondary N) is 2. The van der Waals surface area contributed by atoms with Gasteiger partial charge in [-0.2, -0.15) is 10.1 Å². The lowest BCUT2D eigenvalue weighted by Crippen LogP contribution is -2.04. The van der Waals surface area contributed by atoms with Crippen molar-refractivity contribution in [3.63, 3.8) is 0 Å². The Bertz CT molecular complexity index is 1030. The number of benzene rings is 1. The molecule has 0 radical (unpaired) electrons. The molecule has 0 aliphatic rings. The highest BCUT2D eigenvalue weighted by atomic mass is 127. The Morgan fingerprint density at radius 3 is 2.56 bits per heavy atom. The van der Waals surface area contributed by atoms with E-state index in [9.17, 15) is 0 Å². The van der Waals surface area contributed by atoms with Crippen molar-refractivity contribution >= 4 is 57.4 Å². The fourth-order valence-corrected chi connectivity index (χ4v) is 2.54. The van der Waals surface area contributed by atoms with Crippen molar-refractivity contribution in [1.29, 1.82) is 0 Å². The van der Waals surface area contributed by atoms with Crippen LogP contribution in [0.2, 0.25) is 0 Å². The van der Waals surface area contributed by atoms with Crippen LogP contribution in [-0.2, 0) is 0 Å². The van der Waals surface area contributed by atoms with Crippen LogP contribution in [0.1, 0.15) is 5.76 Å². The molecule has 0 saturated heterocycles. The van der Waals surface area contributed by atoms with Gasteiger partial charge in [0.15, 0.2) is 11.6 Å². The van der Waals surface area contributed by atoms with Crippen LogP contribution in [0.4, 0.5) is 17.3 Å². The van der Waals surface area contributed by atoms with Gasteiger partial charge in [0, 0.05) is 3.57 Å². The van der Waals surface area contributed by atoms with Gasteiger partial charge in [0.2, 0.25) is 11.3 Å². The normalized spacial score (nSPS) is 11.2. The van der Waals surface area contributed by atoms with Crippen LogP contribution in [0.5, 0.6) is 0 Å². The molecule has 1 aromatic carbocycles. The largest absolute Gasteiger partial charge is 0.463 e. The van der Waals surface area contributed by atoms with E-state index in [1.807, 2.05) is 24.3 Å². The molecule has 2 N–H and O–H groups in total. The van der Waals surface area contributed by atoms with Crippen molar-refractivity contribution in [1.82, 2.24) is 20.3 Å². The van der Waals surface area contributed by atoms with Gasteiger partial charge in [-0.1, -0.05) is 12.1 Å². The minimum atomic E-state index is 0.281. The monoisotopic (exact) mass is 447 g/mol. The summed E-state index contributed by atoms with van der Waals surface area (Å²) in [4.78, 5) is 8.71. The van der Waals surface area contributed by atoms with Crippen LogP contribution < -0.4 is 10.7 Å². The molecule has 9 nitrogen and oxygen atoms in total. The lowest BCUT2D eigenvalue weighted by atomic mass is 10.3. The first-order valence-electron chi connectivity index (χ1n) is 7.14. The Morgan fingerprint density at radius 2 is 1.80 bits per heavy atom. The van der Waals surface area contributed by atoms with E-state index in [4.69, 9.17) is 4.42 Å². The fraction of sp³-hybridized carbons (Fsp3) is 0. The van der Waals surface area contributed by atoms with Gasteiger partial charge in [-0.15, -0.1) is 0 Å².